The van der Waals surface area contributed by atoms with Crippen molar-refractivity contribution in [1.29, 1.82) is 0 Å². The maximum Gasteiger partial charge on any atom is 0.328 e. The predicted octanol–water partition coefficient (Wildman–Crippen LogP) is -0.824. The highest BCUT2D eigenvalue weighted by molar-refractivity contribution is 5.86. The average molecular weight is 420 g/mol. The number of fused-ring (bicyclic) bond motifs is 1. The number of aryl methyl sites for hydroxylation is 1. The molecule has 1 unspecified atom stereocenters. The fourth-order valence-corrected chi connectivity index (χ4v) is 2.87. The zero-order valence-electron chi connectivity index (χ0n) is 15.9. The average Bonchev–Trinajstić information content (AvgIpc) is 3.07. The zero-order valence-corrected chi connectivity index (χ0v) is 15.9. The number of nitrogens with zero attached hydrogens (tertiary/aromatic N) is 4. The van der Waals surface area contributed by atoms with Crippen molar-refractivity contribution in [3.8, 4) is 5.75 Å². The molecule has 0 spiro atoms. The Morgan fingerprint density at radius 1 is 1.30 bits per heavy atom. The summed E-state index contributed by atoms with van der Waals surface area (Å²) in [7, 11) is 1.46. The van der Waals surface area contributed by atoms with E-state index in [0.717, 1.165) is 0 Å². The second-order valence-corrected chi connectivity index (χ2v) is 6.41. The van der Waals surface area contributed by atoms with Crippen LogP contribution in [0.25, 0.3) is 11.0 Å². The van der Waals surface area contributed by atoms with Gasteiger partial charge >= 0.3 is 5.69 Å². The van der Waals surface area contributed by atoms with Crippen LogP contribution >= 0.6 is 0 Å². The van der Waals surface area contributed by atoms with Crippen LogP contribution in [0.4, 0.5) is 11.5 Å². The molecule has 0 radical (unpaired) electrons. The van der Waals surface area contributed by atoms with Crippen LogP contribution in [0.15, 0.2) is 33.9 Å². The molecule has 0 amide bonds. The first-order valence-electron chi connectivity index (χ1n) is 8.91. The molecular weight excluding hydrogens is 400 g/mol. The lowest BCUT2D eigenvalue weighted by atomic mass is 10.3. The summed E-state index contributed by atoms with van der Waals surface area (Å²) in [5.41, 5.74) is -1.06. The first-order valence-corrected chi connectivity index (χ1v) is 8.91. The van der Waals surface area contributed by atoms with Gasteiger partial charge in [-0.1, -0.05) is 0 Å². The van der Waals surface area contributed by atoms with Gasteiger partial charge in [0, 0.05) is 25.7 Å². The molecular formula is C17H20N6O7. The highest BCUT2D eigenvalue weighted by atomic mass is 16.6. The molecule has 3 aromatic rings. The van der Waals surface area contributed by atoms with Crippen LogP contribution in [0.5, 0.6) is 5.75 Å². The van der Waals surface area contributed by atoms with E-state index >= 15 is 0 Å². The summed E-state index contributed by atoms with van der Waals surface area (Å²) in [6, 6.07) is 5.38. The number of aliphatic hydroxyl groups is 2. The maximum absolute atomic E-state index is 12.3. The molecule has 13 heteroatoms. The molecule has 1 aromatic carbocycles. The minimum Gasteiger partial charge on any atom is -0.491 e. The van der Waals surface area contributed by atoms with Crippen molar-refractivity contribution in [3.05, 3.63) is 55.2 Å². The highest BCUT2D eigenvalue weighted by Gasteiger charge is 2.20. The van der Waals surface area contributed by atoms with Gasteiger partial charge in [-0.05, 0) is 12.1 Å². The standard InChI is InChI=1S/C17H20N6O7/c1-21-13-14(16(26)19-17(21)27)22(20-15(13)18-6-7-24)8-11(25)9-30-12-4-2-10(3-5-12)23(28)29/h2-5,11,24-25H,6-9H2,1H3,(H,18,20)(H,19,26,27). The summed E-state index contributed by atoms with van der Waals surface area (Å²) >= 11 is 0. The Morgan fingerprint density at radius 2 is 2.00 bits per heavy atom. The Labute approximate surface area is 168 Å². The largest absolute Gasteiger partial charge is 0.491 e. The predicted molar refractivity (Wildman–Crippen MR) is 106 cm³/mol. The minimum atomic E-state index is -1.08. The smallest absolute Gasteiger partial charge is 0.328 e. The van der Waals surface area contributed by atoms with Gasteiger partial charge in [0.15, 0.2) is 11.3 Å². The SMILES string of the molecule is Cn1c(=O)[nH]c(=O)c2c1c(NCCO)nn2CC(O)COc1ccc([N+](=O)[O-])cc1. The number of nitro groups is 1. The van der Waals surface area contributed by atoms with Crippen LogP contribution in [0, 0.1) is 10.1 Å². The van der Waals surface area contributed by atoms with Crippen molar-refractivity contribution in [2.24, 2.45) is 7.05 Å². The molecule has 160 valence electrons. The first-order chi connectivity index (χ1) is 14.3. The van der Waals surface area contributed by atoms with Gasteiger partial charge in [-0.15, -0.1) is 0 Å². The van der Waals surface area contributed by atoms with Gasteiger partial charge in [0.05, 0.1) is 18.1 Å². The number of non-ortho nitro benzene ring substituents is 1. The van der Waals surface area contributed by atoms with Gasteiger partial charge in [-0.25, -0.2) is 4.79 Å². The number of benzene rings is 1. The van der Waals surface area contributed by atoms with Crippen molar-refractivity contribution in [2.75, 3.05) is 25.1 Å². The molecule has 3 rings (SSSR count). The van der Waals surface area contributed by atoms with Gasteiger partial charge < -0.3 is 20.3 Å². The Bertz CT molecular complexity index is 1160. The number of nitrogens with one attached hydrogen (secondary N) is 2. The Morgan fingerprint density at radius 3 is 2.63 bits per heavy atom. The van der Waals surface area contributed by atoms with Crippen LogP contribution in [0.2, 0.25) is 0 Å². The maximum atomic E-state index is 12.3. The number of aliphatic hydroxyl groups excluding tert-OH is 2. The lowest BCUT2D eigenvalue weighted by Crippen LogP contribution is -2.30. The number of ether oxygens (including phenoxy) is 1. The third-order valence-corrected chi connectivity index (χ3v) is 4.28. The molecule has 0 fully saturated rings. The quantitative estimate of drug-likeness (QED) is 0.254. The Hall–Kier alpha value is -3.71. The summed E-state index contributed by atoms with van der Waals surface area (Å²) < 4.78 is 7.88. The summed E-state index contributed by atoms with van der Waals surface area (Å²) in [5.74, 6) is 0.545. The number of hydrogen-bond acceptors (Lipinski definition) is 9. The summed E-state index contributed by atoms with van der Waals surface area (Å²) in [6.45, 7) is -0.316. The van der Waals surface area contributed by atoms with E-state index in [9.17, 15) is 24.8 Å². The van der Waals surface area contributed by atoms with Crippen LogP contribution in [0.1, 0.15) is 0 Å². The van der Waals surface area contributed by atoms with Crippen LogP contribution < -0.4 is 21.3 Å². The molecule has 30 heavy (non-hydrogen) atoms. The van der Waals surface area contributed by atoms with Crippen LogP contribution in [-0.2, 0) is 13.6 Å². The van der Waals surface area contributed by atoms with Gasteiger partial charge in [0.25, 0.3) is 11.2 Å². The molecule has 0 aliphatic carbocycles. The van der Waals surface area contributed by atoms with E-state index in [2.05, 4.69) is 15.4 Å². The van der Waals surface area contributed by atoms with Crippen molar-refractivity contribution < 1.29 is 19.9 Å². The molecule has 0 bridgehead atoms. The first kappa shape index (κ1) is 21.0. The van der Waals surface area contributed by atoms with E-state index < -0.39 is 22.3 Å². The van der Waals surface area contributed by atoms with Gasteiger partial charge in [-0.3, -0.25) is 29.1 Å². The normalized spacial score (nSPS) is 12.1. The second kappa shape index (κ2) is 8.75. The lowest BCUT2D eigenvalue weighted by Gasteiger charge is -2.13. The van der Waals surface area contributed by atoms with Gasteiger partial charge in [0.2, 0.25) is 0 Å². The third-order valence-electron chi connectivity index (χ3n) is 4.28. The van der Waals surface area contributed by atoms with E-state index in [-0.39, 0.29) is 48.8 Å². The fraction of sp³-hybridized carbons (Fsp3) is 0.353. The number of rotatable bonds is 9. The van der Waals surface area contributed by atoms with Crippen LogP contribution in [0.3, 0.4) is 0 Å². The van der Waals surface area contributed by atoms with Gasteiger partial charge in [-0.2, -0.15) is 5.10 Å². The van der Waals surface area contributed by atoms with Crippen molar-refractivity contribution in [1.82, 2.24) is 19.3 Å². The van der Waals surface area contributed by atoms with Crippen molar-refractivity contribution in [3.63, 3.8) is 0 Å². The molecule has 0 saturated heterocycles. The van der Waals surface area contributed by atoms with E-state index in [4.69, 9.17) is 9.84 Å². The van der Waals surface area contributed by atoms with Gasteiger partial charge in [0.1, 0.15) is 24.0 Å². The zero-order chi connectivity index (χ0) is 21.8. The second-order valence-electron chi connectivity index (χ2n) is 6.41. The molecule has 0 aliphatic heterocycles. The molecule has 2 aromatic heterocycles. The molecule has 4 N–H and O–H groups in total. The van der Waals surface area contributed by atoms with E-state index in [0.29, 0.717) is 5.75 Å². The number of aromatic amines is 1. The van der Waals surface area contributed by atoms with E-state index in [1.807, 2.05) is 0 Å². The highest BCUT2D eigenvalue weighted by Crippen LogP contribution is 2.20. The third kappa shape index (κ3) is 4.31. The number of aromatic nitrogens is 4. The fourth-order valence-electron chi connectivity index (χ4n) is 2.87. The van der Waals surface area contributed by atoms with Crippen LogP contribution in [-0.4, -0.2) is 60.3 Å². The topological polar surface area (TPSA) is 178 Å². The summed E-state index contributed by atoms with van der Waals surface area (Å²) in [4.78, 5) is 36.6. The van der Waals surface area contributed by atoms with Crippen molar-refractivity contribution >= 4 is 22.5 Å². The monoisotopic (exact) mass is 420 g/mol. The molecule has 2 heterocycles. The molecule has 1 atom stereocenters. The molecule has 13 nitrogen and oxygen atoms in total. The molecule has 0 saturated carbocycles. The summed E-state index contributed by atoms with van der Waals surface area (Å²) in [6.07, 6.45) is -1.08. The Balaban J connectivity index is 1.80. The Kier molecular flexibility index (Phi) is 6.13. The van der Waals surface area contributed by atoms with E-state index in [1.165, 1.54) is 40.6 Å². The van der Waals surface area contributed by atoms with Crippen molar-refractivity contribution in [2.45, 2.75) is 12.6 Å². The number of hydrogen-bond donors (Lipinski definition) is 4. The van der Waals surface area contributed by atoms with E-state index in [1.54, 1.807) is 0 Å². The summed E-state index contributed by atoms with van der Waals surface area (Å²) in [5, 5.41) is 37.1. The molecule has 0 aliphatic rings. The number of nitro benzene ring substituents is 1. The number of anilines is 1. The minimum absolute atomic E-state index is 0.0759. The number of H-pyrrole nitrogens is 1. The lowest BCUT2D eigenvalue weighted by molar-refractivity contribution is -0.384.